The summed E-state index contributed by atoms with van der Waals surface area (Å²) in [6, 6.07) is 0. The summed E-state index contributed by atoms with van der Waals surface area (Å²) in [5.41, 5.74) is 1.05. The van der Waals surface area contributed by atoms with Gasteiger partial charge in [0.15, 0.2) is 0 Å². The molecule has 0 fully saturated rings. The topological polar surface area (TPSA) is 80.9 Å². The van der Waals surface area contributed by atoms with Crippen LogP contribution in [0.4, 0.5) is 0 Å². The molecule has 0 aromatic heterocycles. The van der Waals surface area contributed by atoms with Crippen molar-refractivity contribution in [2.24, 2.45) is 17.8 Å². The molecular weight excluding hydrogens is 304 g/mol. The van der Waals surface area contributed by atoms with Gasteiger partial charge in [-0.2, -0.15) is 0 Å². The monoisotopic (exact) mass is 336 g/mol. The van der Waals surface area contributed by atoms with Crippen LogP contribution in [-0.4, -0.2) is 45.3 Å². The Morgan fingerprint density at radius 1 is 1.17 bits per heavy atom. The van der Waals surface area contributed by atoms with Crippen molar-refractivity contribution in [1.29, 1.82) is 0 Å². The summed E-state index contributed by atoms with van der Waals surface area (Å²) in [5, 5.41) is 39.5. The molecule has 5 atom stereocenters. The van der Waals surface area contributed by atoms with Crippen LogP contribution >= 0.6 is 0 Å². The highest BCUT2D eigenvalue weighted by Gasteiger charge is 2.37. The molecule has 4 heteroatoms. The maximum absolute atomic E-state index is 10.2. The molecule has 0 bridgehead atoms. The number of hydrogen-bond acceptors (Lipinski definition) is 4. The summed E-state index contributed by atoms with van der Waals surface area (Å²) < 4.78 is 0. The van der Waals surface area contributed by atoms with Gasteiger partial charge in [-0.1, -0.05) is 62.8 Å². The van der Waals surface area contributed by atoms with Crippen LogP contribution in [0.5, 0.6) is 0 Å². The summed E-state index contributed by atoms with van der Waals surface area (Å²) in [5.74, 6) is 0.379. The van der Waals surface area contributed by atoms with Gasteiger partial charge in [0.25, 0.3) is 0 Å². The maximum Gasteiger partial charge on any atom is 0.104 e. The van der Waals surface area contributed by atoms with Crippen molar-refractivity contribution in [2.75, 3.05) is 6.61 Å². The molecule has 0 unspecified atom stereocenters. The standard InChI is InChI=1S/C20H32O4/c1-13(2)7-5-8-14(3)9-6-10-15(4)18-17(22)11-16(12-21)19(23)20(18)24/h5-6,8-11,13-14,17-24H,7,12H2,1-4H3/t14-,17+,18+,19-,20-/m1/s1. The first-order chi connectivity index (χ1) is 11.3. The van der Waals surface area contributed by atoms with Crippen molar-refractivity contribution in [3.63, 3.8) is 0 Å². The third-order valence-corrected chi connectivity index (χ3v) is 4.35. The molecule has 0 amide bonds. The van der Waals surface area contributed by atoms with Gasteiger partial charge in [-0.25, -0.2) is 0 Å². The highest BCUT2D eigenvalue weighted by atomic mass is 16.3. The summed E-state index contributed by atoms with van der Waals surface area (Å²) in [6.45, 7) is 7.92. The van der Waals surface area contributed by atoms with Crippen LogP contribution in [0.3, 0.4) is 0 Å². The Bertz CT molecular complexity index is 502. The Balaban J connectivity index is 2.73. The lowest BCUT2D eigenvalue weighted by atomic mass is 9.78. The van der Waals surface area contributed by atoms with E-state index in [-0.39, 0.29) is 12.2 Å². The number of aliphatic hydroxyl groups is 4. The highest BCUT2D eigenvalue weighted by Crippen LogP contribution is 2.30. The van der Waals surface area contributed by atoms with E-state index in [0.29, 0.717) is 11.8 Å². The molecule has 1 aliphatic rings. The van der Waals surface area contributed by atoms with E-state index in [1.54, 1.807) is 0 Å². The van der Waals surface area contributed by atoms with Crippen molar-refractivity contribution < 1.29 is 20.4 Å². The molecule has 24 heavy (non-hydrogen) atoms. The fourth-order valence-electron chi connectivity index (χ4n) is 2.85. The third-order valence-electron chi connectivity index (χ3n) is 4.35. The minimum absolute atomic E-state index is 0.263. The fourth-order valence-corrected chi connectivity index (χ4v) is 2.85. The lowest BCUT2D eigenvalue weighted by molar-refractivity contribution is -0.0346. The molecule has 4 N–H and O–H groups in total. The van der Waals surface area contributed by atoms with Crippen LogP contribution in [-0.2, 0) is 0 Å². The predicted octanol–water partition coefficient (Wildman–Crippen LogP) is 2.36. The van der Waals surface area contributed by atoms with E-state index in [4.69, 9.17) is 5.11 Å². The molecule has 0 aliphatic heterocycles. The van der Waals surface area contributed by atoms with Gasteiger partial charge < -0.3 is 20.4 Å². The Kier molecular flexibility index (Phi) is 8.63. The second kappa shape index (κ2) is 9.94. The van der Waals surface area contributed by atoms with Crippen LogP contribution in [0.2, 0.25) is 0 Å². The zero-order chi connectivity index (χ0) is 18.3. The number of aliphatic hydroxyl groups excluding tert-OH is 4. The molecule has 0 radical (unpaired) electrons. The smallest absolute Gasteiger partial charge is 0.104 e. The second-order valence-corrected chi connectivity index (χ2v) is 7.06. The summed E-state index contributed by atoms with van der Waals surface area (Å²) >= 11 is 0. The molecule has 0 aromatic rings. The van der Waals surface area contributed by atoms with Gasteiger partial charge in [0, 0.05) is 5.92 Å². The molecule has 1 aliphatic carbocycles. The van der Waals surface area contributed by atoms with Crippen molar-refractivity contribution in [1.82, 2.24) is 0 Å². The van der Waals surface area contributed by atoms with E-state index in [1.807, 2.05) is 25.2 Å². The van der Waals surface area contributed by atoms with Crippen LogP contribution < -0.4 is 0 Å². The van der Waals surface area contributed by atoms with Gasteiger partial charge in [0.2, 0.25) is 0 Å². The molecule has 4 nitrogen and oxygen atoms in total. The minimum atomic E-state index is -1.14. The van der Waals surface area contributed by atoms with Crippen molar-refractivity contribution >= 4 is 0 Å². The molecule has 1 rings (SSSR count). The zero-order valence-electron chi connectivity index (χ0n) is 15.1. The van der Waals surface area contributed by atoms with E-state index in [1.165, 1.54) is 6.08 Å². The van der Waals surface area contributed by atoms with E-state index < -0.39 is 24.2 Å². The number of rotatable bonds is 7. The van der Waals surface area contributed by atoms with Gasteiger partial charge in [-0.15, -0.1) is 0 Å². The van der Waals surface area contributed by atoms with Gasteiger partial charge in [-0.3, -0.25) is 0 Å². The summed E-state index contributed by atoms with van der Waals surface area (Å²) in [7, 11) is 0. The fraction of sp³-hybridized carbons (Fsp3) is 0.600. The van der Waals surface area contributed by atoms with E-state index >= 15 is 0 Å². The van der Waals surface area contributed by atoms with Crippen molar-refractivity contribution in [3.05, 3.63) is 47.6 Å². The highest BCUT2D eigenvalue weighted by molar-refractivity contribution is 5.27. The predicted molar refractivity (Wildman–Crippen MR) is 97.3 cm³/mol. The molecular formula is C20H32O4. The first kappa shape index (κ1) is 20.8. The normalized spacial score (nSPS) is 30.4. The minimum Gasteiger partial charge on any atom is -0.392 e. The van der Waals surface area contributed by atoms with Crippen molar-refractivity contribution in [3.8, 4) is 0 Å². The first-order valence-corrected chi connectivity index (χ1v) is 8.65. The molecule has 0 spiro atoms. The summed E-state index contributed by atoms with van der Waals surface area (Å²) in [6.07, 6.45) is 9.46. The lowest BCUT2D eigenvalue weighted by Gasteiger charge is -2.35. The SMILES string of the molecule is CC(=CC=C[C@H](C)C=CCC(C)C)[C@@H]1[C@@H](O)[C@H](O)C(CO)=C[C@@H]1O. The van der Waals surface area contributed by atoms with E-state index in [2.05, 4.69) is 32.9 Å². The Hall–Kier alpha value is -1.20. The quantitative estimate of drug-likeness (QED) is 0.425. The first-order valence-electron chi connectivity index (χ1n) is 8.65. The van der Waals surface area contributed by atoms with Crippen molar-refractivity contribution in [2.45, 2.75) is 52.4 Å². The van der Waals surface area contributed by atoms with Gasteiger partial charge in [0.1, 0.15) is 6.10 Å². The van der Waals surface area contributed by atoms with E-state index in [9.17, 15) is 15.3 Å². The van der Waals surface area contributed by atoms with Gasteiger partial charge >= 0.3 is 0 Å². The zero-order valence-corrected chi connectivity index (χ0v) is 15.1. The third kappa shape index (κ3) is 6.02. The summed E-state index contributed by atoms with van der Waals surface area (Å²) in [4.78, 5) is 0. The largest absolute Gasteiger partial charge is 0.392 e. The Morgan fingerprint density at radius 2 is 1.83 bits per heavy atom. The second-order valence-electron chi connectivity index (χ2n) is 7.06. The molecule has 136 valence electrons. The molecule has 0 saturated carbocycles. The average Bonchev–Trinajstić information content (AvgIpc) is 2.50. The van der Waals surface area contributed by atoms with E-state index in [0.717, 1.165) is 12.0 Å². The molecule has 0 heterocycles. The average molecular weight is 336 g/mol. The van der Waals surface area contributed by atoms with Crippen LogP contribution in [0.25, 0.3) is 0 Å². The number of hydrogen-bond donors (Lipinski definition) is 4. The van der Waals surface area contributed by atoms with Gasteiger partial charge in [0.05, 0.1) is 18.8 Å². The van der Waals surface area contributed by atoms with Crippen LogP contribution in [0.1, 0.15) is 34.1 Å². The molecule has 0 aromatic carbocycles. The Morgan fingerprint density at radius 3 is 2.42 bits per heavy atom. The Labute approximate surface area is 145 Å². The number of allylic oxidation sites excluding steroid dienone is 5. The molecule has 0 saturated heterocycles. The van der Waals surface area contributed by atoms with Crippen LogP contribution in [0, 0.1) is 17.8 Å². The lowest BCUT2D eigenvalue weighted by Crippen LogP contribution is -2.45. The van der Waals surface area contributed by atoms with Gasteiger partial charge in [-0.05, 0) is 30.8 Å². The van der Waals surface area contributed by atoms with Crippen LogP contribution in [0.15, 0.2) is 47.6 Å². The maximum atomic E-state index is 10.2.